The van der Waals surface area contributed by atoms with Crippen LogP contribution in [0, 0.1) is 5.41 Å². The number of aliphatic imine (C=N–C) groups is 1. The topological polar surface area (TPSA) is 65.9 Å². The van der Waals surface area contributed by atoms with Crippen LogP contribution in [0.2, 0.25) is 4.34 Å². The van der Waals surface area contributed by atoms with Gasteiger partial charge in [0.15, 0.2) is 5.96 Å². The van der Waals surface area contributed by atoms with Crippen LogP contribution in [0.5, 0.6) is 0 Å². The second-order valence-corrected chi connectivity index (χ2v) is 8.59. The van der Waals surface area contributed by atoms with Crippen LogP contribution in [0.15, 0.2) is 17.1 Å². The first-order valence-corrected chi connectivity index (χ1v) is 10.4. The zero-order chi connectivity index (χ0) is 17.9. The van der Waals surface area contributed by atoms with E-state index >= 15 is 0 Å². The molecule has 2 aliphatic carbocycles. The maximum Gasteiger partial charge on any atom is 0.191 e. The first kappa shape index (κ1) is 22.2. The maximum absolute atomic E-state index is 10.3. The minimum Gasteiger partial charge on any atom is -0.386 e. The van der Waals surface area contributed by atoms with E-state index in [-0.39, 0.29) is 29.4 Å². The van der Waals surface area contributed by atoms with E-state index in [1.807, 2.05) is 6.07 Å². The van der Waals surface area contributed by atoms with Crippen molar-refractivity contribution in [1.82, 2.24) is 10.6 Å². The number of nitrogens with zero attached hydrogens (tertiary/aromatic N) is 1. The summed E-state index contributed by atoms with van der Waals surface area (Å²) in [4.78, 5) is 5.43. The molecule has 3 atom stereocenters. The van der Waals surface area contributed by atoms with Gasteiger partial charge in [-0.1, -0.05) is 18.0 Å². The summed E-state index contributed by atoms with van der Waals surface area (Å²) in [7, 11) is 0. The largest absolute Gasteiger partial charge is 0.386 e. The number of hydrogen-bond donors (Lipinski definition) is 3. The molecule has 1 aromatic heterocycles. The number of guanidine groups is 1. The quantitative estimate of drug-likeness (QED) is 0.293. The van der Waals surface area contributed by atoms with E-state index < -0.39 is 6.10 Å². The van der Waals surface area contributed by atoms with Crippen LogP contribution in [-0.4, -0.2) is 42.9 Å². The molecule has 8 heteroatoms. The number of thiophene rings is 1. The molecule has 3 unspecified atom stereocenters. The molecule has 148 valence electrons. The van der Waals surface area contributed by atoms with Crippen molar-refractivity contribution in [1.29, 1.82) is 0 Å². The lowest BCUT2D eigenvalue weighted by Gasteiger charge is -2.61. The molecule has 0 saturated heterocycles. The zero-order valence-electron chi connectivity index (χ0n) is 15.3. The normalized spacial score (nSPS) is 25.0. The smallest absolute Gasteiger partial charge is 0.191 e. The summed E-state index contributed by atoms with van der Waals surface area (Å²) < 4.78 is 6.60. The van der Waals surface area contributed by atoms with Crippen LogP contribution >= 0.6 is 46.9 Å². The monoisotopic (exact) mass is 513 g/mol. The van der Waals surface area contributed by atoms with E-state index in [4.69, 9.17) is 16.3 Å². The Morgan fingerprint density at radius 2 is 2.23 bits per heavy atom. The lowest BCUT2D eigenvalue weighted by molar-refractivity contribution is -0.168. The van der Waals surface area contributed by atoms with Crippen LogP contribution in [0.4, 0.5) is 0 Å². The fraction of sp³-hybridized carbons (Fsp3) is 0.722. The Labute approximate surface area is 182 Å². The van der Waals surface area contributed by atoms with Crippen molar-refractivity contribution in [3.63, 3.8) is 0 Å². The van der Waals surface area contributed by atoms with Crippen molar-refractivity contribution in [3.8, 4) is 0 Å². The molecule has 3 rings (SSSR count). The predicted octanol–water partition coefficient (Wildman–Crippen LogP) is 3.96. The Hall–Kier alpha value is -0.0900. The van der Waals surface area contributed by atoms with Crippen molar-refractivity contribution in [2.45, 2.75) is 57.8 Å². The standard InChI is InChI=1S/C18H28ClN3O2S.HI/c1-3-20-17(21-11-12(23)13-6-7-16(19)25-13)22-14-10-15(24-4-2)18(14)8-5-9-18;/h6-7,12,14-15,23H,3-5,8-11H2,1-2H3,(H2,20,21,22);1H. The number of ether oxygens (including phenoxy) is 1. The van der Waals surface area contributed by atoms with E-state index in [0.717, 1.165) is 30.4 Å². The second-order valence-electron chi connectivity index (χ2n) is 6.84. The molecule has 0 aromatic carbocycles. The fourth-order valence-corrected chi connectivity index (χ4v) is 4.94. The molecule has 0 aliphatic heterocycles. The Kier molecular flexibility index (Phi) is 8.46. The first-order chi connectivity index (χ1) is 12.1. The molecular formula is C18H29ClIN3O2S. The van der Waals surface area contributed by atoms with Gasteiger partial charge in [0, 0.05) is 29.5 Å². The Balaban J connectivity index is 0.00000243. The van der Waals surface area contributed by atoms with Crippen LogP contribution in [-0.2, 0) is 4.74 Å². The molecule has 1 aromatic rings. The summed E-state index contributed by atoms with van der Waals surface area (Å²) in [5.74, 6) is 0.774. The molecule has 3 N–H and O–H groups in total. The Bertz CT molecular complexity index is 609. The minimum atomic E-state index is -0.622. The summed E-state index contributed by atoms with van der Waals surface area (Å²) in [5.41, 5.74) is 0.284. The lowest BCUT2D eigenvalue weighted by atomic mass is 9.51. The predicted molar refractivity (Wildman–Crippen MR) is 119 cm³/mol. The van der Waals surface area contributed by atoms with E-state index in [2.05, 4.69) is 29.5 Å². The highest BCUT2D eigenvalue weighted by Crippen LogP contribution is 2.57. The third kappa shape index (κ3) is 4.66. The fourth-order valence-electron chi connectivity index (χ4n) is 3.90. The van der Waals surface area contributed by atoms with Gasteiger partial charge in [-0.05, 0) is 45.2 Å². The number of nitrogens with one attached hydrogen (secondary N) is 2. The van der Waals surface area contributed by atoms with Gasteiger partial charge in [-0.25, -0.2) is 0 Å². The molecule has 2 saturated carbocycles. The Morgan fingerprint density at radius 1 is 1.46 bits per heavy atom. The average Bonchev–Trinajstić information content (AvgIpc) is 2.96. The van der Waals surface area contributed by atoms with Gasteiger partial charge in [-0.15, -0.1) is 35.3 Å². The average molecular weight is 514 g/mol. The van der Waals surface area contributed by atoms with Gasteiger partial charge in [0.05, 0.1) is 17.0 Å². The summed E-state index contributed by atoms with van der Waals surface area (Å²) in [6, 6.07) is 4.07. The van der Waals surface area contributed by atoms with E-state index in [0.29, 0.717) is 23.0 Å². The third-order valence-electron chi connectivity index (χ3n) is 5.44. The zero-order valence-corrected chi connectivity index (χ0v) is 19.2. The van der Waals surface area contributed by atoms with Crippen LogP contribution < -0.4 is 10.6 Å². The molecule has 0 bridgehead atoms. The molecule has 1 spiro atoms. The van der Waals surface area contributed by atoms with Crippen LogP contribution in [0.25, 0.3) is 0 Å². The highest BCUT2D eigenvalue weighted by atomic mass is 127. The summed E-state index contributed by atoms with van der Waals surface area (Å²) in [5, 5.41) is 17.2. The highest BCUT2D eigenvalue weighted by Gasteiger charge is 2.59. The van der Waals surface area contributed by atoms with Crippen molar-refractivity contribution >= 4 is 52.9 Å². The minimum absolute atomic E-state index is 0. The van der Waals surface area contributed by atoms with Gasteiger partial charge in [0.2, 0.25) is 0 Å². The first-order valence-electron chi connectivity index (χ1n) is 9.18. The van der Waals surface area contributed by atoms with Crippen LogP contribution in [0.1, 0.15) is 50.5 Å². The second kappa shape index (κ2) is 9.91. The van der Waals surface area contributed by atoms with Gasteiger partial charge in [-0.2, -0.15) is 0 Å². The molecular weight excluding hydrogens is 485 g/mol. The molecule has 2 aliphatic rings. The van der Waals surface area contributed by atoms with Crippen molar-refractivity contribution in [2.75, 3.05) is 19.7 Å². The molecule has 5 nitrogen and oxygen atoms in total. The lowest BCUT2D eigenvalue weighted by Crippen LogP contribution is -2.68. The Morgan fingerprint density at radius 3 is 2.77 bits per heavy atom. The number of rotatable bonds is 7. The van der Waals surface area contributed by atoms with Gasteiger partial charge in [0.25, 0.3) is 0 Å². The van der Waals surface area contributed by atoms with Crippen molar-refractivity contribution in [2.24, 2.45) is 10.4 Å². The SMILES string of the molecule is CCNC(=NCC(O)c1ccc(Cl)s1)NC1CC(OCC)C12CCC2.I. The summed E-state index contributed by atoms with van der Waals surface area (Å²) in [6.07, 6.45) is 4.53. The van der Waals surface area contributed by atoms with E-state index in [1.165, 1.54) is 30.6 Å². The van der Waals surface area contributed by atoms with E-state index in [9.17, 15) is 5.11 Å². The molecule has 1 heterocycles. The molecule has 2 fully saturated rings. The van der Waals surface area contributed by atoms with E-state index in [1.54, 1.807) is 6.07 Å². The highest BCUT2D eigenvalue weighted by molar-refractivity contribution is 14.0. The van der Waals surface area contributed by atoms with Gasteiger partial charge < -0.3 is 20.5 Å². The summed E-state index contributed by atoms with van der Waals surface area (Å²) >= 11 is 7.34. The van der Waals surface area contributed by atoms with Gasteiger partial charge >= 0.3 is 0 Å². The number of aliphatic hydroxyl groups excluding tert-OH is 1. The number of aliphatic hydroxyl groups is 1. The van der Waals surface area contributed by atoms with Crippen molar-refractivity contribution < 1.29 is 9.84 Å². The van der Waals surface area contributed by atoms with Crippen LogP contribution in [0.3, 0.4) is 0 Å². The molecule has 26 heavy (non-hydrogen) atoms. The van der Waals surface area contributed by atoms with Crippen molar-refractivity contribution in [3.05, 3.63) is 21.3 Å². The van der Waals surface area contributed by atoms with Gasteiger partial charge in [-0.3, -0.25) is 4.99 Å². The summed E-state index contributed by atoms with van der Waals surface area (Å²) in [6.45, 7) is 6.01. The number of hydrogen-bond acceptors (Lipinski definition) is 4. The molecule has 0 radical (unpaired) electrons. The molecule has 0 amide bonds. The third-order valence-corrected chi connectivity index (χ3v) is 6.77. The maximum atomic E-state index is 10.3. The van der Waals surface area contributed by atoms with Gasteiger partial charge in [0.1, 0.15) is 6.10 Å². The number of halogens is 2.